The molecule has 0 bridgehead atoms. The quantitative estimate of drug-likeness (QED) is 0.721. The van der Waals surface area contributed by atoms with Gasteiger partial charge in [-0.15, -0.1) is 0 Å². The maximum Gasteiger partial charge on any atom is 0.416 e. The molecule has 148 valence electrons. The fourth-order valence-corrected chi connectivity index (χ4v) is 2.87. The number of rotatable bonds is 3. The van der Waals surface area contributed by atoms with Crippen molar-refractivity contribution in [2.75, 3.05) is 0 Å². The van der Waals surface area contributed by atoms with E-state index in [9.17, 15) is 22.4 Å². The highest BCUT2D eigenvalue weighted by molar-refractivity contribution is 5.95. The van der Waals surface area contributed by atoms with Gasteiger partial charge in [0.1, 0.15) is 5.82 Å². The van der Waals surface area contributed by atoms with Gasteiger partial charge < -0.3 is 0 Å². The third-order valence-electron chi connectivity index (χ3n) is 4.19. The predicted molar refractivity (Wildman–Crippen MR) is 93.7 cm³/mol. The Kier molecular flexibility index (Phi) is 5.68. The van der Waals surface area contributed by atoms with Crippen LogP contribution in [0.25, 0.3) is 0 Å². The first-order valence-corrected chi connectivity index (χ1v) is 8.59. The number of carbonyl (C=O) groups is 1. The van der Waals surface area contributed by atoms with Gasteiger partial charge in [0.25, 0.3) is 5.91 Å². The molecule has 0 spiro atoms. The SMILES string of the molecule is CCCn1c(=NC(=O)c2cc(C(F)(F)F)ccc2F)cc(C(C)(C)C)n1C. The van der Waals surface area contributed by atoms with Gasteiger partial charge in [-0.25, -0.2) is 4.39 Å². The topological polar surface area (TPSA) is 39.3 Å². The number of aromatic nitrogens is 2. The van der Waals surface area contributed by atoms with Crippen molar-refractivity contribution in [1.82, 2.24) is 9.36 Å². The van der Waals surface area contributed by atoms with E-state index < -0.39 is 29.0 Å². The van der Waals surface area contributed by atoms with Crippen LogP contribution in [0.5, 0.6) is 0 Å². The van der Waals surface area contributed by atoms with Crippen molar-refractivity contribution >= 4 is 5.91 Å². The van der Waals surface area contributed by atoms with Gasteiger partial charge in [-0.1, -0.05) is 27.7 Å². The molecule has 0 aliphatic rings. The van der Waals surface area contributed by atoms with Crippen LogP contribution in [-0.4, -0.2) is 15.3 Å². The van der Waals surface area contributed by atoms with E-state index in [1.54, 1.807) is 10.7 Å². The summed E-state index contributed by atoms with van der Waals surface area (Å²) >= 11 is 0. The minimum absolute atomic E-state index is 0.234. The van der Waals surface area contributed by atoms with Crippen LogP contribution in [0.2, 0.25) is 0 Å². The molecule has 1 aromatic heterocycles. The summed E-state index contributed by atoms with van der Waals surface area (Å²) in [5.74, 6) is -2.08. The average molecular weight is 385 g/mol. The number of benzene rings is 1. The molecule has 2 rings (SSSR count). The normalized spacial score (nSPS) is 13.3. The summed E-state index contributed by atoms with van der Waals surface area (Å²) in [6.07, 6.45) is -3.91. The van der Waals surface area contributed by atoms with Gasteiger partial charge in [-0.3, -0.25) is 14.2 Å². The molecule has 4 nitrogen and oxygen atoms in total. The molecule has 8 heteroatoms. The molecule has 0 fully saturated rings. The Balaban J connectivity index is 2.61. The number of nitrogens with zero attached hydrogens (tertiary/aromatic N) is 3. The first-order valence-electron chi connectivity index (χ1n) is 8.59. The summed E-state index contributed by atoms with van der Waals surface area (Å²) in [6, 6.07) is 3.44. The van der Waals surface area contributed by atoms with Crippen LogP contribution in [0.4, 0.5) is 17.6 Å². The van der Waals surface area contributed by atoms with Gasteiger partial charge >= 0.3 is 6.18 Å². The summed E-state index contributed by atoms with van der Waals surface area (Å²) < 4.78 is 56.2. The molecule has 0 aliphatic heterocycles. The maximum atomic E-state index is 14.0. The van der Waals surface area contributed by atoms with E-state index in [1.807, 2.05) is 39.4 Å². The molecule has 0 saturated carbocycles. The van der Waals surface area contributed by atoms with E-state index in [0.29, 0.717) is 24.7 Å². The lowest BCUT2D eigenvalue weighted by Gasteiger charge is -2.20. The van der Waals surface area contributed by atoms with Gasteiger partial charge in [0, 0.05) is 30.8 Å². The van der Waals surface area contributed by atoms with E-state index >= 15 is 0 Å². The van der Waals surface area contributed by atoms with Crippen LogP contribution in [-0.2, 0) is 25.2 Å². The molecule has 0 radical (unpaired) electrons. The maximum absolute atomic E-state index is 14.0. The lowest BCUT2D eigenvalue weighted by Crippen LogP contribution is -2.25. The first kappa shape index (κ1) is 20.9. The summed E-state index contributed by atoms with van der Waals surface area (Å²) in [6.45, 7) is 8.50. The molecule has 1 amide bonds. The van der Waals surface area contributed by atoms with Crippen LogP contribution >= 0.6 is 0 Å². The molecular formula is C19H23F4N3O. The van der Waals surface area contributed by atoms with Gasteiger partial charge in [-0.2, -0.15) is 18.2 Å². The smallest absolute Gasteiger partial charge is 0.291 e. The molecule has 0 atom stereocenters. The summed E-state index contributed by atoms with van der Waals surface area (Å²) in [5.41, 5.74) is -0.845. The predicted octanol–water partition coefficient (Wildman–Crippen LogP) is 4.43. The molecular weight excluding hydrogens is 362 g/mol. The van der Waals surface area contributed by atoms with Gasteiger partial charge in [0.2, 0.25) is 0 Å². The number of carbonyl (C=O) groups excluding carboxylic acids is 1. The van der Waals surface area contributed by atoms with Crippen LogP contribution in [0.1, 0.15) is 55.7 Å². The van der Waals surface area contributed by atoms with Crippen molar-refractivity contribution in [3.63, 3.8) is 0 Å². The van der Waals surface area contributed by atoms with Gasteiger partial charge in [-0.05, 0) is 24.6 Å². The molecule has 27 heavy (non-hydrogen) atoms. The van der Waals surface area contributed by atoms with E-state index in [1.165, 1.54) is 0 Å². The zero-order valence-corrected chi connectivity index (χ0v) is 16.0. The van der Waals surface area contributed by atoms with Gasteiger partial charge in [0.05, 0.1) is 11.1 Å². The van der Waals surface area contributed by atoms with E-state index in [-0.39, 0.29) is 10.9 Å². The van der Waals surface area contributed by atoms with Crippen molar-refractivity contribution in [3.05, 3.63) is 52.4 Å². The molecule has 2 aromatic rings. The molecule has 0 unspecified atom stereocenters. The molecule has 1 heterocycles. The Hall–Kier alpha value is -2.38. The largest absolute Gasteiger partial charge is 0.416 e. The Morgan fingerprint density at radius 3 is 2.30 bits per heavy atom. The van der Waals surface area contributed by atoms with Crippen molar-refractivity contribution in [2.24, 2.45) is 12.0 Å². The second kappa shape index (κ2) is 7.32. The minimum Gasteiger partial charge on any atom is -0.291 e. The highest BCUT2D eigenvalue weighted by atomic mass is 19.4. The van der Waals surface area contributed by atoms with E-state index in [0.717, 1.165) is 12.1 Å². The number of hydrogen-bond donors (Lipinski definition) is 0. The molecule has 0 aliphatic carbocycles. The molecule has 0 saturated heterocycles. The average Bonchev–Trinajstić information content (AvgIpc) is 2.84. The van der Waals surface area contributed by atoms with Crippen LogP contribution < -0.4 is 5.49 Å². The zero-order valence-electron chi connectivity index (χ0n) is 16.0. The zero-order chi connectivity index (χ0) is 20.6. The minimum atomic E-state index is -4.67. The third kappa shape index (κ3) is 4.48. The number of amides is 1. The second-order valence-electron chi connectivity index (χ2n) is 7.39. The molecule has 1 aromatic carbocycles. The first-order chi connectivity index (χ1) is 12.4. The number of alkyl halides is 3. The summed E-state index contributed by atoms with van der Waals surface area (Å²) in [5, 5.41) is 0. The highest BCUT2D eigenvalue weighted by Gasteiger charge is 2.32. The van der Waals surface area contributed by atoms with Crippen LogP contribution in [0.3, 0.4) is 0 Å². The van der Waals surface area contributed by atoms with Crippen molar-refractivity contribution < 1.29 is 22.4 Å². The van der Waals surface area contributed by atoms with E-state index in [4.69, 9.17) is 0 Å². The monoisotopic (exact) mass is 385 g/mol. The van der Waals surface area contributed by atoms with Crippen molar-refractivity contribution in [1.29, 1.82) is 0 Å². The Bertz CT molecular complexity index is 915. The summed E-state index contributed by atoms with van der Waals surface area (Å²) in [7, 11) is 1.82. The fourth-order valence-electron chi connectivity index (χ4n) is 2.87. The standard InChI is InChI=1S/C19H23F4N3O/c1-6-9-26-16(11-15(25(26)5)18(2,3)4)24-17(27)13-10-12(19(21,22)23)7-8-14(13)20/h7-8,10-11H,6,9H2,1-5H3. The number of hydrogen-bond acceptors (Lipinski definition) is 1. The Morgan fingerprint density at radius 2 is 1.78 bits per heavy atom. The van der Waals surface area contributed by atoms with Crippen LogP contribution in [0.15, 0.2) is 29.3 Å². The lowest BCUT2D eigenvalue weighted by molar-refractivity contribution is -0.137. The molecule has 0 N–H and O–H groups in total. The third-order valence-corrected chi connectivity index (χ3v) is 4.19. The number of halogens is 4. The van der Waals surface area contributed by atoms with Crippen molar-refractivity contribution in [2.45, 2.75) is 52.3 Å². The highest BCUT2D eigenvalue weighted by Crippen LogP contribution is 2.30. The second-order valence-corrected chi connectivity index (χ2v) is 7.39. The fraction of sp³-hybridized carbons (Fsp3) is 0.474. The van der Waals surface area contributed by atoms with Gasteiger partial charge in [0.15, 0.2) is 5.49 Å². The van der Waals surface area contributed by atoms with Crippen molar-refractivity contribution in [3.8, 4) is 0 Å². The Labute approximate surface area is 155 Å². The van der Waals surface area contributed by atoms with E-state index in [2.05, 4.69) is 4.99 Å². The summed E-state index contributed by atoms with van der Waals surface area (Å²) in [4.78, 5) is 16.4. The van der Waals surface area contributed by atoms with Crippen LogP contribution in [0, 0.1) is 5.82 Å². The lowest BCUT2D eigenvalue weighted by atomic mass is 9.92. The Morgan fingerprint density at radius 1 is 1.15 bits per heavy atom.